The molecule has 0 saturated heterocycles. The molecule has 5 nitrogen and oxygen atoms in total. The van der Waals surface area contributed by atoms with Crippen molar-refractivity contribution in [2.24, 2.45) is 0 Å². The Balaban J connectivity index is 1.86. The van der Waals surface area contributed by atoms with E-state index in [1.165, 1.54) is 6.07 Å². The summed E-state index contributed by atoms with van der Waals surface area (Å²) in [5, 5.41) is 5.71. The third kappa shape index (κ3) is 2.77. The molecule has 2 N–H and O–H groups in total. The Morgan fingerprint density at radius 3 is 2.38 bits per heavy atom. The molecular weight excluding hydrogens is 338 g/mol. The second-order valence-electron chi connectivity index (χ2n) is 5.99. The van der Waals surface area contributed by atoms with Crippen LogP contribution < -0.4 is 10.6 Å². The molecule has 4 rings (SSSR count). The minimum absolute atomic E-state index is 0.106. The Morgan fingerprint density at radius 2 is 1.69 bits per heavy atom. The van der Waals surface area contributed by atoms with Gasteiger partial charge >= 0.3 is 0 Å². The predicted molar refractivity (Wildman–Crippen MR) is 93.0 cm³/mol. The van der Waals surface area contributed by atoms with E-state index in [1.807, 2.05) is 31.2 Å². The Hall–Kier alpha value is -3.35. The molecule has 0 unspecified atom stereocenters. The van der Waals surface area contributed by atoms with Gasteiger partial charge in [-0.25, -0.2) is 18.7 Å². The number of fused-ring (bicyclic) bond motifs is 1. The van der Waals surface area contributed by atoms with Crippen LogP contribution in [0.25, 0.3) is 11.4 Å². The quantitative estimate of drug-likeness (QED) is 0.754. The first-order valence-corrected chi connectivity index (χ1v) is 8.00. The first kappa shape index (κ1) is 16.1. The van der Waals surface area contributed by atoms with Crippen LogP contribution in [0.5, 0.6) is 0 Å². The van der Waals surface area contributed by atoms with E-state index in [0.717, 1.165) is 17.7 Å². The van der Waals surface area contributed by atoms with Gasteiger partial charge in [0, 0.05) is 5.69 Å². The van der Waals surface area contributed by atoms with Gasteiger partial charge in [-0.2, -0.15) is 0 Å². The first-order chi connectivity index (χ1) is 12.5. The van der Waals surface area contributed by atoms with Gasteiger partial charge in [0.2, 0.25) is 0 Å². The molecule has 0 saturated carbocycles. The van der Waals surface area contributed by atoms with E-state index >= 15 is 0 Å². The van der Waals surface area contributed by atoms with Crippen LogP contribution in [0, 0.1) is 18.6 Å². The summed E-state index contributed by atoms with van der Waals surface area (Å²) in [6, 6.07) is 11.0. The SMILES string of the molecule is Cc1ccc(Nc2nc(-c3c(F)cccc3F)nc3c2C(=O)NC3)cc1. The van der Waals surface area contributed by atoms with E-state index in [-0.39, 0.29) is 35.2 Å². The van der Waals surface area contributed by atoms with Crippen molar-refractivity contribution in [2.45, 2.75) is 13.5 Å². The molecule has 7 heteroatoms. The zero-order valence-electron chi connectivity index (χ0n) is 13.8. The van der Waals surface area contributed by atoms with Crippen molar-refractivity contribution >= 4 is 17.4 Å². The monoisotopic (exact) mass is 352 g/mol. The molecule has 1 aliphatic rings. The summed E-state index contributed by atoms with van der Waals surface area (Å²) in [4.78, 5) is 20.6. The molecule has 0 fully saturated rings. The van der Waals surface area contributed by atoms with Crippen molar-refractivity contribution in [1.82, 2.24) is 15.3 Å². The van der Waals surface area contributed by atoms with Crippen molar-refractivity contribution in [2.75, 3.05) is 5.32 Å². The lowest BCUT2D eigenvalue weighted by atomic mass is 10.1. The summed E-state index contributed by atoms with van der Waals surface area (Å²) in [6.07, 6.45) is 0. The Morgan fingerprint density at radius 1 is 1.00 bits per heavy atom. The maximum absolute atomic E-state index is 14.1. The van der Waals surface area contributed by atoms with E-state index in [4.69, 9.17) is 0 Å². The van der Waals surface area contributed by atoms with Crippen LogP contribution in [0.15, 0.2) is 42.5 Å². The van der Waals surface area contributed by atoms with Gasteiger partial charge in [-0.05, 0) is 31.2 Å². The lowest BCUT2D eigenvalue weighted by molar-refractivity contribution is 0.0966. The predicted octanol–water partition coefficient (Wildman–Crippen LogP) is 3.72. The number of nitrogens with one attached hydrogen (secondary N) is 2. The minimum Gasteiger partial charge on any atom is -0.346 e. The van der Waals surface area contributed by atoms with E-state index in [0.29, 0.717) is 11.4 Å². The fourth-order valence-electron chi connectivity index (χ4n) is 2.81. The van der Waals surface area contributed by atoms with Crippen molar-refractivity contribution < 1.29 is 13.6 Å². The zero-order valence-corrected chi connectivity index (χ0v) is 13.8. The summed E-state index contributed by atoms with van der Waals surface area (Å²) < 4.78 is 28.3. The number of carbonyl (C=O) groups excluding carboxylic acids is 1. The van der Waals surface area contributed by atoms with Crippen molar-refractivity contribution in [3.05, 3.63) is 70.9 Å². The van der Waals surface area contributed by atoms with Gasteiger partial charge in [-0.1, -0.05) is 23.8 Å². The number of benzene rings is 2. The molecule has 1 amide bonds. The normalized spacial score (nSPS) is 12.7. The van der Waals surface area contributed by atoms with E-state index < -0.39 is 11.6 Å². The lowest BCUT2D eigenvalue weighted by Gasteiger charge is -2.12. The summed E-state index contributed by atoms with van der Waals surface area (Å²) >= 11 is 0. The average molecular weight is 352 g/mol. The number of aromatic nitrogens is 2. The second kappa shape index (κ2) is 6.18. The lowest BCUT2D eigenvalue weighted by Crippen LogP contribution is -2.14. The van der Waals surface area contributed by atoms with Crippen LogP contribution in [-0.4, -0.2) is 15.9 Å². The smallest absolute Gasteiger partial charge is 0.257 e. The molecule has 2 heterocycles. The number of rotatable bonds is 3. The molecule has 2 aromatic carbocycles. The number of anilines is 2. The Bertz CT molecular complexity index is 999. The van der Waals surface area contributed by atoms with Crippen molar-refractivity contribution in [3.63, 3.8) is 0 Å². The molecule has 130 valence electrons. The molecular formula is C19H14F2N4O. The fraction of sp³-hybridized carbons (Fsp3) is 0.105. The second-order valence-corrected chi connectivity index (χ2v) is 5.99. The highest BCUT2D eigenvalue weighted by Crippen LogP contribution is 2.30. The highest BCUT2D eigenvalue weighted by Gasteiger charge is 2.28. The van der Waals surface area contributed by atoms with Crippen molar-refractivity contribution in [3.8, 4) is 11.4 Å². The molecule has 26 heavy (non-hydrogen) atoms. The number of halogens is 2. The summed E-state index contributed by atoms with van der Waals surface area (Å²) in [5.74, 6) is -1.74. The van der Waals surface area contributed by atoms with Gasteiger partial charge in [0.05, 0.1) is 17.8 Å². The number of hydrogen-bond acceptors (Lipinski definition) is 4. The van der Waals surface area contributed by atoms with Crippen LogP contribution in [0.3, 0.4) is 0 Å². The fourth-order valence-corrected chi connectivity index (χ4v) is 2.81. The molecule has 0 spiro atoms. The van der Waals surface area contributed by atoms with E-state index in [1.54, 1.807) is 0 Å². The highest BCUT2D eigenvalue weighted by molar-refractivity contribution is 6.03. The maximum Gasteiger partial charge on any atom is 0.257 e. The maximum atomic E-state index is 14.1. The number of aryl methyl sites for hydroxylation is 1. The molecule has 0 radical (unpaired) electrons. The van der Waals surface area contributed by atoms with Gasteiger partial charge in [0.1, 0.15) is 23.0 Å². The largest absolute Gasteiger partial charge is 0.346 e. The standard InChI is InChI=1S/C19H14F2N4O/c1-10-5-7-11(8-6-10)23-18-16-14(9-22-19(16)26)24-17(25-18)15-12(20)3-2-4-13(15)21/h2-8H,9H2,1H3,(H,22,26)(H,23,24,25). The number of amides is 1. The van der Waals surface area contributed by atoms with Gasteiger partial charge < -0.3 is 10.6 Å². The van der Waals surface area contributed by atoms with Crippen molar-refractivity contribution in [1.29, 1.82) is 0 Å². The Kier molecular flexibility index (Phi) is 3.84. The van der Waals surface area contributed by atoms with Crippen LogP contribution in [-0.2, 0) is 6.54 Å². The molecule has 1 aliphatic heterocycles. The summed E-state index contributed by atoms with van der Waals surface area (Å²) in [6.45, 7) is 2.14. The molecule has 0 aliphatic carbocycles. The van der Waals surface area contributed by atoms with Crippen LogP contribution in [0.2, 0.25) is 0 Å². The van der Waals surface area contributed by atoms with Crippen LogP contribution >= 0.6 is 0 Å². The summed E-state index contributed by atoms with van der Waals surface area (Å²) in [7, 11) is 0. The van der Waals surface area contributed by atoms with Gasteiger partial charge in [0.15, 0.2) is 5.82 Å². The van der Waals surface area contributed by atoms with Gasteiger partial charge in [0.25, 0.3) is 5.91 Å². The van der Waals surface area contributed by atoms with E-state index in [9.17, 15) is 13.6 Å². The van der Waals surface area contributed by atoms with Crippen LogP contribution in [0.4, 0.5) is 20.3 Å². The van der Waals surface area contributed by atoms with Crippen LogP contribution in [0.1, 0.15) is 21.6 Å². The molecule has 0 bridgehead atoms. The summed E-state index contributed by atoms with van der Waals surface area (Å²) in [5.41, 5.74) is 2.15. The van der Waals surface area contributed by atoms with E-state index in [2.05, 4.69) is 20.6 Å². The molecule has 0 atom stereocenters. The minimum atomic E-state index is -0.761. The Labute approximate surface area is 148 Å². The molecule has 3 aromatic rings. The van der Waals surface area contributed by atoms with Gasteiger partial charge in [-0.3, -0.25) is 4.79 Å². The number of nitrogens with zero attached hydrogens (tertiary/aromatic N) is 2. The zero-order chi connectivity index (χ0) is 18.3. The third-order valence-corrected chi connectivity index (χ3v) is 4.13. The van der Waals surface area contributed by atoms with Gasteiger partial charge in [-0.15, -0.1) is 0 Å². The number of carbonyl (C=O) groups is 1. The number of hydrogen-bond donors (Lipinski definition) is 2. The molecule has 1 aromatic heterocycles. The topological polar surface area (TPSA) is 66.9 Å². The highest BCUT2D eigenvalue weighted by atomic mass is 19.1. The first-order valence-electron chi connectivity index (χ1n) is 8.00. The third-order valence-electron chi connectivity index (χ3n) is 4.13. The average Bonchev–Trinajstić information content (AvgIpc) is 2.98.